The van der Waals surface area contributed by atoms with Crippen molar-refractivity contribution in [1.29, 1.82) is 0 Å². The number of hydrogen-bond donors (Lipinski definition) is 0. The number of hydrogen-bond acceptors (Lipinski definition) is 7. The van der Waals surface area contributed by atoms with E-state index in [1.165, 1.54) is 16.4 Å². The fourth-order valence-electron chi connectivity index (χ4n) is 3.37. The molecule has 3 heterocycles. The van der Waals surface area contributed by atoms with Crippen LogP contribution in [-0.2, 0) is 16.4 Å². The van der Waals surface area contributed by atoms with Gasteiger partial charge in [-0.1, -0.05) is 40.5 Å². The molecule has 2 aromatic heterocycles. The largest absolute Gasteiger partial charge is 0.339 e. The Morgan fingerprint density at radius 1 is 1.07 bits per heavy atom. The van der Waals surface area contributed by atoms with Crippen molar-refractivity contribution in [2.45, 2.75) is 17.7 Å². The molecule has 0 radical (unpaired) electrons. The summed E-state index contributed by atoms with van der Waals surface area (Å²) < 4.78 is 32.7. The lowest BCUT2D eigenvalue weighted by Gasteiger charge is -2.34. The molecular formula is C19H20Cl2N4O3S2. The zero-order valence-electron chi connectivity index (χ0n) is 16.0. The molecule has 160 valence electrons. The van der Waals surface area contributed by atoms with Gasteiger partial charge in [0.1, 0.15) is 4.90 Å². The van der Waals surface area contributed by atoms with E-state index in [2.05, 4.69) is 15.0 Å². The number of thiophene rings is 1. The number of sulfonamides is 1. The lowest BCUT2D eigenvalue weighted by atomic mass is 10.2. The van der Waals surface area contributed by atoms with E-state index in [1.54, 1.807) is 17.4 Å². The minimum Gasteiger partial charge on any atom is -0.339 e. The van der Waals surface area contributed by atoms with Gasteiger partial charge in [0.25, 0.3) is 0 Å². The van der Waals surface area contributed by atoms with Crippen molar-refractivity contribution in [3.63, 3.8) is 0 Å². The first-order valence-corrected chi connectivity index (χ1v) is 12.6. The molecule has 0 bridgehead atoms. The van der Waals surface area contributed by atoms with E-state index in [0.717, 1.165) is 17.8 Å². The number of piperazine rings is 1. The first kappa shape index (κ1) is 21.7. The maximum atomic E-state index is 12.9. The summed E-state index contributed by atoms with van der Waals surface area (Å²) in [5, 5.41) is 6.29. The number of halogens is 2. The average molecular weight is 487 g/mol. The monoisotopic (exact) mass is 486 g/mol. The van der Waals surface area contributed by atoms with Gasteiger partial charge in [0.15, 0.2) is 0 Å². The third-order valence-electron chi connectivity index (χ3n) is 4.92. The molecule has 0 spiro atoms. The molecule has 7 nitrogen and oxygen atoms in total. The molecule has 0 unspecified atom stereocenters. The van der Waals surface area contributed by atoms with Crippen LogP contribution in [-0.4, -0.2) is 60.5 Å². The van der Waals surface area contributed by atoms with Gasteiger partial charge in [0.2, 0.25) is 21.7 Å². The fraction of sp³-hybridized carbons (Fsp3) is 0.368. The van der Waals surface area contributed by atoms with E-state index in [0.29, 0.717) is 44.3 Å². The third kappa shape index (κ3) is 4.71. The van der Waals surface area contributed by atoms with Gasteiger partial charge >= 0.3 is 0 Å². The Balaban J connectivity index is 1.28. The number of nitrogens with zero attached hydrogens (tertiary/aromatic N) is 4. The first-order valence-electron chi connectivity index (χ1n) is 9.48. The van der Waals surface area contributed by atoms with E-state index in [4.69, 9.17) is 27.7 Å². The minimum absolute atomic E-state index is 0.0141. The molecule has 1 saturated heterocycles. The molecule has 1 aliphatic heterocycles. The quantitative estimate of drug-likeness (QED) is 0.501. The van der Waals surface area contributed by atoms with Crippen molar-refractivity contribution in [2.24, 2.45) is 0 Å². The highest BCUT2D eigenvalue weighted by molar-refractivity contribution is 7.89. The van der Waals surface area contributed by atoms with Gasteiger partial charge in [-0.05, 0) is 36.5 Å². The highest BCUT2D eigenvalue weighted by Crippen LogP contribution is 2.32. The van der Waals surface area contributed by atoms with Crippen molar-refractivity contribution in [2.75, 3.05) is 32.7 Å². The van der Waals surface area contributed by atoms with Crippen LogP contribution in [0, 0.1) is 0 Å². The summed E-state index contributed by atoms with van der Waals surface area (Å²) in [7, 11) is -3.72. The summed E-state index contributed by atoms with van der Waals surface area (Å²) in [6.45, 7) is 2.91. The van der Waals surface area contributed by atoms with Crippen LogP contribution in [0.2, 0.25) is 10.0 Å². The smallest absolute Gasteiger partial charge is 0.246 e. The van der Waals surface area contributed by atoms with Crippen molar-refractivity contribution >= 4 is 44.6 Å². The molecule has 0 atom stereocenters. The predicted molar refractivity (Wildman–Crippen MR) is 118 cm³/mol. The van der Waals surface area contributed by atoms with Gasteiger partial charge in [0.05, 0.1) is 14.9 Å². The molecule has 11 heteroatoms. The summed E-state index contributed by atoms with van der Waals surface area (Å²) in [5.41, 5.74) is 0. The van der Waals surface area contributed by atoms with Crippen molar-refractivity contribution in [3.05, 3.63) is 51.6 Å². The molecule has 0 N–H and O–H groups in total. The Kier molecular flexibility index (Phi) is 6.76. The van der Waals surface area contributed by atoms with E-state index in [-0.39, 0.29) is 14.9 Å². The van der Waals surface area contributed by atoms with Crippen molar-refractivity contribution < 1.29 is 12.9 Å². The zero-order valence-corrected chi connectivity index (χ0v) is 19.1. The molecule has 1 aliphatic rings. The highest BCUT2D eigenvalue weighted by Gasteiger charge is 2.31. The first-order chi connectivity index (χ1) is 14.4. The normalized spacial score (nSPS) is 16.2. The molecule has 1 fully saturated rings. The van der Waals surface area contributed by atoms with Crippen LogP contribution < -0.4 is 0 Å². The van der Waals surface area contributed by atoms with E-state index >= 15 is 0 Å². The number of aromatic nitrogens is 2. The standard InChI is InChI=1S/C19H20Cl2N4O3S2/c20-14-4-1-5-15(21)18(14)30(26,27)25-11-9-24(10-12-25)8-2-7-17-22-19(23-28-17)16-6-3-13-29-16/h1,3-6,13H,2,7-12H2. The summed E-state index contributed by atoms with van der Waals surface area (Å²) in [6.07, 6.45) is 1.54. The maximum absolute atomic E-state index is 12.9. The molecule has 1 aromatic carbocycles. The molecule has 0 saturated carbocycles. The van der Waals surface area contributed by atoms with E-state index < -0.39 is 10.0 Å². The lowest BCUT2D eigenvalue weighted by molar-refractivity contribution is 0.185. The van der Waals surface area contributed by atoms with Gasteiger partial charge in [-0.3, -0.25) is 0 Å². The second-order valence-electron chi connectivity index (χ2n) is 6.89. The minimum atomic E-state index is -3.72. The topological polar surface area (TPSA) is 79.5 Å². The van der Waals surface area contributed by atoms with E-state index in [9.17, 15) is 8.42 Å². The van der Waals surface area contributed by atoms with Crippen LogP contribution in [0.25, 0.3) is 10.7 Å². The summed E-state index contributed by atoms with van der Waals surface area (Å²) >= 11 is 13.8. The van der Waals surface area contributed by atoms with Gasteiger partial charge in [0, 0.05) is 32.6 Å². The Bertz CT molecular complexity index is 1070. The molecule has 0 amide bonds. The maximum Gasteiger partial charge on any atom is 0.246 e. The predicted octanol–water partition coefficient (Wildman–Crippen LogP) is 4.04. The van der Waals surface area contributed by atoms with Gasteiger partial charge < -0.3 is 9.42 Å². The van der Waals surface area contributed by atoms with Crippen molar-refractivity contribution in [1.82, 2.24) is 19.3 Å². The number of aryl methyl sites for hydroxylation is 1. The van der Waals surface area contributed by atoms with Crippen LogP contribution in [0.3, 0.4) is 0 Å². The van der Waals surface area contributed by atoms with Crippen LogP contribution in [0.5, 0.6) is 0 Å². The van der Waals surface area contributed by atoms with Crippen LogP contribution in [0.4, 0.5) is 0 Å². The highest BCUT2D eigenvalue weighted by atomic mass is 35.5. The molecule has 0 aliphatic carbocycles. The van der Waals surface area contributed by atoms with Gasteiger partial charge in [-0.2, -0.15) is 9.29 Å². The summed E-state index contributed by atoms with van der Waals surface area (Å²) in [6, 6.07) is 8.63. The SMILES string of the molecule is O=S(=O)(c1c(Cl)cccc1Cl)N1CCN(CCCc2nc(-c3cccs3)no2)CC1. The molecule has 4 rings (SSSR count). The van der Waals surface area contributed by atoms with Crippen LogP contribution >= 0.6 is 34.5 Å². The molecule has 30 heavy (non-hydrogen) atoms. The second kappa shape index (κ2) is 9.33. The molecular weight excluding hydrogens is 467 g/mol. The Hall–Kier alpha value is -1.49. The van der Waals surface area contributed by atoms with Crippen LogP contribution in [0.1, 0.15) is 12.3 Å². The van der Waals surface area contributed by atoms with E-state index in [1.807, 2.05) is 17.5 Å². The third-order valence-corrected chi connectivity index (χ3v) is 8.64. The Labute approximate surface area is 189 Å². The Morgan fingerprint density at radius 3 is 2.47 bits per heavy atom. The Morgan fingerprint density at radius 2 is 1.80 bits per heavy atom. The lowest BCUT2D eigenvalue weighted by Crippen LogP contribution is -2.48. The van der Waals surface area contributed by atoms with Crippen LogP contribution in [0.15, 0.2) is 45.1 Å². The second-order valence-corrected chi connectivity index (χ2v) is 10.5. The average Bonchev–Trinajstić information content (AvgIpc) is 3.40. The summed E-state index contributed by atoms with van der Waals surface area (Å²) in [4.78, 5) is 7.64. The summed E-state index contributed by atoms with van der Waals surface area (Å²) in [5.74, 6) is 1.24. The fourth-order valence-corrected chi connectivity index (χ4v) is 6.53. The van der Waals surface area contributed by atoms with Gasteiger partial charge in [-0.15, -0.1) is 11.3 Å². The number of benzene rings is 1. The zero-order chi connectivity index (χ0) is 21.1. The van der Waals surface area contributed by atoms with Crippen molar-refractivity contribution in [3.8, 4) is 10.7 Å². The molecule has 3 aromatic rings. The van der Waals surface area contributed by atoms with Gasteiger partial charge in [-0.25, -0.2) is 8.42 Å². The number of rotatable bonds is 7.